The van der Waals surface area contributed by atoms with E-state index < -0.39 is 5.97 Å². The first kappa shape index (κ1) is 14.2. The van der Waals surface area contributed by atoms with Crippen molar-refractivity contribution >= 4 is 45.2 Å². The van der Waals surface area contributed by atoms with Crippen molar-refractivity contribution in [3.05, 3.63) is 48.5 Å². The van der Waals surface area contributed by atoms with E-state index in [0.29, 0.717) is 24.9 Å². The number of halogens is 1. The quantitative estimate of drug-likeness (QED) is 0.684. The maximum atomic E-state index is 11.8. The molecule has 0 spiro atoms. The SMILES string of the molecule is Cc1cc(=O)n2nc(COC(=O)c3ccc(Cl)s3)sc2n1. The van der Waals surface area contributed by atoms with Crippen LogP contribution in [0.1, 0.15) is 20.4 Å². The molecule has 9 heteroatoms. The van der Waals surface area contributed by atoms with Gasteiger partial charge >= 0.3 is 5.97 Å². The molecule has 108 valence electrons. The van der Waals surface area contributed by atoms with Crippen LogP contribution in [-0.4, -0.2) is 20.6 Å². The smallest absolute Gasteiger partial charge is 0.348 e. The second-order valence-corrected chi connectivity index (χ2v) is 6.86. The summed E-state index contributed by atoms with van der Waals surface area (Å²) in [6.07, 6.45) is 0. The standard InChI is InChI=1S/C12H8ClN3O3S2/c1-6-4-10(17)16-12(14-6)21-9(15-16)5-19-11(18)7-2-3-8(13)20-7/h2-4H,5H2,1H3. The van der Waals surface area contributed by atoms with Gasteiger partial charge in [0.25, 0.3) is 5.56 Å². The maximum absolute atomic E-state index is 11.8. The number of fused-ring (bicyclic) bond motifs is 1. The number of ether oxygens (including phenoxy) is 1. The number of aryl methyl sites for hydroxylation is 1. The highest BCUT2D eigenvalue weighted by molar-refractivity contribution is 7.18. The fourth-order valence-corrected chi connectivity index (χ4v) is 3.44. The van der Waals surface area contributed by atoms with Crippen molar-refractivity contribution < 1.29 is 9.53 Å². The van der Waals surface area contributed by atoms with Crippen LogP contribution < -0.4 is 5.56 Å². The van der Waals surface area contributed by atoms with Crippen LogP contribution in [0.5, 0.6) is 0 Å². The topological polar surface area (TPSA) is 73.6 Å². The van der Waals surface area contributed by atoms with Crippen molar-refractivity contribution in [3.8, 4) is 0 Å². The number of carbonyl (C=O) groups excluding carboxylic acids is 1. The summed E-state index contributed by atoms with van der Waals surface area (Å²) in [5.74, 6) is -0.470. The van der Waals surface area contributed by atoms with Crippen LogP contribution in [0.25, 0.3) is 4.96 Å². The van der Waals surface area contributed by atoms with Crippen LogP contribution >= 0.6 is 34.3 Å². The van der Waals surface area contributed by atoms with Crippen LogP contribution in [-0.2, 0) is 11.3 Å². The summed E-state index contributed by atoms with van der Waals surface area (Å²) in [5, 5.41) is 4.59. The number of hydrogen-bond donors (Lipinski definition) is 0. The lowest BCUT2D eigenvalue weighted by molar-refractivity contribution is 0.0477. The fourth-order valence-electron chi connectivity index (χ4n) is 1.64. The zero-order valence-corrected chi connectivity index (χ0v) is 13.1. The summed E-state index contributed by atoms with van der Waals surface area (Å²) in [6, 6.07) is 4.63. The second kappa shape index (κ2) is 5.55. The molecule has 0 fully saturated rings. The Morgan fingerprint density at radius 3 is 2.95 bits per heavy atom. The van der Waals surface area contributed by atoms with Crippen molar-refractivity contribution in [2.45, 2.75) is 13.5 Å². The third kappa shape index (κ3) is 2.97. The third-order valence-electron chi connectivity index (χ3n) is 2.52. The molecule has 3 heterocycles. The van der Waals surface area contributed by atoms with Gasteiger partial charge in [-0.1, -0.05) is 22.9 Å². The molecule has 0 atom stereocenters. The summed E-state index contributed by atoms with van der Waals surface area (Å²) < 4.78 is 6.86. The Morgan fingerprint density at radius 1 is 1.43 bits per heavy atom. The van der Waals surface area contributed by atoms with E-state index in [1.54, 1.807) is 19.1 Å². The highest BCUT2D eigenvalue weighted by Crippen LogP contribution is 2.22. The van der Waals surface area contributed by atoms with Crippen molar-refractivity contribution in [3.63, 3.8) is 0 Å². The van der Waals surface area contributed by atoms with Crippen molar-refractivity contribution in [1.29, 1.82) is 0 Å². The molecule has 0 radical (unpaired) electrons. The summed E-state index contributed by atoms with van der Waals surface area (Å²) in [6.45, 7) is 1.72. The number of aromatic nitrogens is 3. The van der Waals surface area contributed by atoms with Gasteiger partial charge in [0.15, 0.2) is 5.01 Å². The lowest BCUT2D eigenvalue weighted by Crippen LogP contribution is -2.14. The van der Waals surface area contributed by atoms with Gasteiger partial charge in [-0.25, -0.2) is 9.78 Å². The van der Waals surface area contributed by atoms with Crippen LogP contribution in [0, 0.1) is 6.92 Å². The van der Waals surface area contributed by atoms with Gasteiger partial charge < -0.3 is 4.74 Å². The predicted octanol–water partition coefficient (Wildman–Crippen LogP) is 2.53. The van der Waals surface area contributed by atoms with E-state index in [0.717, 1.165) is 11.3 Å². The summed E-state index contributed by atoms with van der Waals surface area (Å²) in [7, 11) is 0. The molecule has 3 aromatic rings. The van der Waals surface area contributed by atoms with Gasteiger partial charge in [0.05, 0.1) is 4.34 Å². The van der Waals surface area contributed by atoms with E-state index in [1.807, 2.05) is 0 Å². The van der Waals surface area contributed by atoms with Crippen LogP contribution in [0.4, 0.5) is 0 Å². The number of hydrogen-bond acceptors (Lipinski definition) is 7. The van der Waals surface area contributed by atoms with E-state index in [-0.39, 0.29) is 12.2 Å². The van der Waals surface area contributed by atoms with Crippen molar-refractivity contribution in [2.24, 2.45) is 0 Å². The summed E-state index contributed by atoms with van der Waals surface area (Å²) in [5.41, 5.74) is 0.372. The molecular weight excluding hydrogens is 334 g/mol. The predicted molar refractivity (Wildman–Crippen MR) is 80.3 cm³/mol. The molecule has 3 rings (SSSR count). The first-order chi connectivity index (χ1) is 10.0. The molecule has 0 aliphatic rings. The van der Waals surface area contributed by atoms with E-state index in [2.05, 4.69) is 10.1 Å². The fraction of sp³-hybridized carbons (Fsp3) is 0.167. The number of thiophene rings is 1. The van der Waals surface area contributed by atoms with Gasteiger partial charge in [-0.05, 0) is 19.1 Å². The monoisotopic (exact) mass is 341 g/mol. The van der Waals surface area contributed by atoms with Crippen LogP contribution in [0.2, 0.25) is 4.34 Å². The number of nitrogens with zero attached hydrogens (tertiary/aromatic N) is 3. The minimum Gasteiger partial charge on any atom is -0.454 e. The zero-order chi connectivity index (χ0) is 15.0. The first-order valence-corrected chi connectivity index (χ1v) is 7.83. The van der Waals surface area contributed by atoms with E-state index in [9.17, 15) is 9.59 Å². The summed E-state index contributed by atoms with van der Waals surface area (Å²) in [4.78, 5) is 28.6. The molecule has 21 heavy (non-hydrogen) atoms. The molecule has 0 N–H and O–H groups in total. The van der Waals surface area contributed by atoms with Gasteiger partial charge in [-0.2, -0.15) is 9.61 Å². The Kier molecular flexibility index (Phi) is 3.75. The molecular formula is C12H8ClN3O3S2. The number of carbonyl (C=O) groups is 1. The van der Waals surface area contributed by atoms with Crippen LogP contribution in [0.3, 0.4) is 0 Å². The molecule has 3 aromatic heterocycles. The van der Waals surface area contributed by atoms with Gasteiger partial charge in [0, 0.05) is 11.8 Å². The largest absolute Gasteiger partial charge is 0.454 e. The van der Waals surface area contributed by atoms with Gasteiger partial charge in [0.2, 0.25) is 4.96 Å². The van der Waals surface area contributed by atoms with E-state index in [1.165, 1.54) is 21.9 Å². The summed E-state index contributed by atoms with van der Waals surface area (Å²) >= 11 is 8.12. The Hall–Kier alpha value is -1.77. The first-order valence-electron chi connectivity index (χ1n) is 5.82. The molecule has 0 unspecified atom stereocenters. The van der Waals surface area contributed by atoms with Crippen LogP contribution in [0.15, 0.2) is 23.0 Å². The molecule has 0 saturated carbocycles. The average molecular weight is 342 g/mol. The Labute approximate surface area is 131 Å². The lowest BCUT2D eigenvalue weighted by atomic mass is 10.5. The highest BCUT2D eigenvalue weighted by atomic mass is 35.5. The number of esters is 1. The normalized spacial score (nSPS) is 11.0. The van der Waals surface area contributed by atoms with E-state index in [4.69, 9.17) is 16.3 Å². The molecule has 0 aliphatic heterocycles. The second-order valence-electron chi connectivity index (χ2n) is 4.11. The molecule has 0 amide bonds. The Morgan fingerprint density at radius 2 is 2.24 bits per heavy atom. The van der Waals surface area contributed by atoms with Gasteiger partial charge in [-0.3, -0.25) is 4.79 Å². The molecule has 0 bridgehead atoms. The van der Waals surface area contributed by atoms with Gasteiger partial charge in [0.1, 0.15) is 11.5 Å². The molecule has 0 aliphatic carbocycles. The molecule has 6 nitrogen and oxygen atoms in total. The zero-order valence-electron chi connectivity index (χ0n) is 10.7. The molecule has 0 saturated heterocycles. The minimum absolute atomic E-state index is 0.0130. The highest BCUT2D eigenvalue weighted by Gasteiger charge is 2.13. The van der Waals surface area contributed by atoms with Crippen molar-refractivity contribution in [2.75, 3.05) is 0 Å². The Balaban J connectivity index is 1.78. The van der Waals surface area contributed by atoms with Crippen molar-refractivity contribution in [1.82, 2.24) is 14.6 Å². The minimum atomic E-state index is -0.470. The Bertz CT molecular complexity index is 883. The average Bonchev–Trinajstić information content (AvgIpc) is 3.02. The van der Waals surface area contributed by atoms with Gasteiger partial charge in [-0.15, -0.1) is 11.3 Å². The molecule has 0 aromatic carbocycles. The number of rotatable bonds is 3. The third-order valence-corrected chi connectivity index (χ3v) is 4.61. The maximum Gasteiger partial charge on any atom is 0.348 e. The lowest BCUT2D eigenvalue weighted by Gasteiger charge is -1.98. The van der Waals surface area contributed by atoms with E-state index >= 15 is 0 Å².